The molecule has 29 heavy (non-hydrogen) atoms. The van der Waals surface area contributed by atoms with E-state index >= 15 is 0 Å². The molecule has 6 heteroatoms. The minimum Gasteiger partial charge on any atom is -0.478 e. The molecule has 0 spiro atoms. The van der Waals surface area contributed by atoms with Gasteiger partial charge in [-0.15, -0.1) is 23.1 Å². The monoisotopic (exact) mass is 418 g/mol. The van der Waals surface area contributed by atoms with Gasteiger partial charge >= 0.3 is 5.97 Å². The van der Waals surface area contributed by atoms with Gasteiger partial charge in [0.25, 0.3) is 0 Å². The summed E-state index contributed by atoms with van der Waals surface area (Å²) in [5.41, 5.74) is 6.34. The van der Waals surface area contributed by atoms with E-state index in [0.29, 0.717) is 5.56 Å². The Hall–Kier alpha value is -2.83. The van der Waals surface area contributed by atoms with Crippen LogP contribution in [0.1, 0.15) is 21.6 Å². The number of aromatic nitrogens is 2. The number of aromatic carboxylic acids is 1. The van der Waals surface area contributed by atoms with Crippen molar-refractivity contribution in [3.63, 3.8) is 0 Å². The van der Waals surface area contributed by atoms with E-state index < -0.39 is 5.97 Å². The highest BCUT2D eigenvalue weighted by Crippen LogP contribution is 2.45. The third-order valence-electron chi connectivity index (χ3n) is 5.31. The van der Waals surface area contributed by atoms with Crippen molar-refractivity contribution in [2.75, 3.05) is 6.26 Å². The van der Waals surface area contributed by atoms with Crippen LogP contribution in [0.25, 0.3) is 27.3 Å². The number of fused-ring (bicyclic) bond motifs is 3. The molecule has 2 aromatic heterocycles. The van der Waals surface area contributed by atoms with E-state index in [4.69, 9.17) is 5.10 Å². The number of hydrogen-bond donors (Lipinski definition) is 1. The summed E-state index contributed by atoms with van der Waals surface area (Å²) in [6.45, 7) is 0. The van der Waals surface area contributed by atoms with Gasteiger partial charge in [-0.25, -0.2) is 9.48 Å². The fourth-order valence-corrected chi connectivity index (χ4v) is 5.44. The maximum Gasteiger partial charge on any atom is 0.337 e. The Morgan fingerprint density at radius 2 is 1.97 bits per heavy atom. The molecule has 1 N–H and O–H groups in total. The summed E-state index contributed by atoms with van der Waals surface area (Å²) in [5, 5.41) is 16.9. The van der Waals surface area contributed by atoms with E-state index in [9.17, 15) is 9.90 Å². The van der Waals surface area contributed by atoms with Crippen LogP contribution in [0.5, 0.6) is 0 Å². The molecule has 0 amide bonds. The fraction of sp³-hybridized carbons (Fsp3) is 0.130. The zero-order valence-corrected chi connectivity index (χ0v) is 17.4. The van der Waals surface area contributed by atoms with Gasteiger partial charge in [-0.1, -0.05) is 24.3 Å². The minimum atomic E-state index is -0.886. The van der Waals surface area contributed by atoms with Crippen molar-refractivity contribution in [3.8, 4) is 27.3 Å². The van der Waals surface area contributed by atoms with E-state index in [1.54, 1.807) is 11.3 Å². The molecule has 4 nitrogen and oxygen atoms in total. The van der Waals surface area contributed by atoms with Crippen molar-refractivity contribution >= 4 is 29.1 Å². The molecule has 0 saturated carbocycles. The van der Waals surface area contributed by atoms with E-state index in [0.717, 1.165) is 51.4 Å². The number of rotatable bonds is 4. The molecule has 0 atom stereocenters. The Balaban J connectivity index is 1.80. The molecular formula is C23H18N2O2S2. The molecule has 2 heterocycles. The standard InChI is InChI=1S/C23H18N2O2S2/c1-28-20-12-16(19-8-5-11-29-19)15-9-10-18-17(21(15)22(20)23(26)27)13-25(24-18)14-6-3-2-4-7-14/h2-8,11-13H,9-10H2,1H3,(H,26,27). The van der Waals surface area contributed by atoms with Crippen LogP contribution in [-0.4, -0.2) is 27.1 Å². The van der Waals surface area contributed by atoms with Gasteiger partial charge in [-0.2, -0.15) is 5.10 Å². The maximum atomic E-state index is 12.3. The normalized spacial score (nSPS) is 12.4. The highest BCUT2D eigenvalue weighted by atomic mass is 32.2. The number of aryl methyl sites for hydroxylation is 1. The molecular weight excluding hydrogens is 400 g/mol. The minimum absolute atomic E-state index is 0.390. The molecule has 4 aromatic rings. The third kappa shape index (κ3) is 2.99. The topological polar surface area (TPSA) is 55.1 Å². The summed E-state index contributed by atoms with van der Waals surface area (Å²) in [7, 11) is 0. The first-order chi connectivity index (χ1) is 14.2. The molecule has 2 aromatic carbocycles. The van der Waals surface area contributed by atoms with Crippen LogP contribution in [0.2, 0.25) is 0 Å². The summed E-state index contributed by atoms with van der Waals surface area (Å²) in [6.07, 6.45) is 5.51. The lowest BCUT2D eigenvalue weighted by Gasteiger charge is -2.22. The average molecular weight is 419 g/mol. The quantitative estimate of drug-likeness (QED) is 0.427. The van der Waals surface area contributed by atoms with Crippen LogP contribution in [0.15, 0.2) is 65.0 Å². The number of para-hydroxylation sites is 1. The lowest BCUT2D eigenvalue weighted by atomic mass is 9.83. The molecule has 0 fully saturated rings. The first-order valence-corrected chi connectivity index (χ1v) is 11.4. The zero-order chi connectivity index (χ0) is 20.0. The van der Waals surface area contributed by atoms with E-state index in [1.807, 2.05) is 59.6 Å². The van der Waals surface area contributed by atoms with Gasteiger partial charge in [-0.05, 0) is 59.9 Å². The molecule has 1 aliphatic rings. The van der Waals surface area contributed by atoms with Crippen molar-refractivity contribution in [1.82, 2.24) is 9.78 Å². The molecule has 0 bridgehead atoms. The summed E-state index contributed by atoms with van der Waals surface area (Å²) in [6, 6.07) is 16.1. The molecule has 0 aliphatic heterocycles. The fourth-order valence-electron chi connectivity index (χ4n) is 4.04. The van der Waals surface area contributed by atoms with Crippen molar-refractivity contribution in [2.45, 2.75) is 17.7 Å². The highest BCUT2D eigenvalue weighted by Gasteiger charge is 2.30. The van der Waals surface area contributed by atoms with Crippen molar-refractivity contribution < 1.29 is 9.90 Å². The summed E-state index contributed by atoms with van der Waals surface area (Å²) in [5.74, 6) is -0.886. The molecule has 144 valence electrons. The number of carboxylic acids is 1. The Morgan fingerprint density at radius 1 is 1.14 bits per heavy atom. The van der Waals surface area contributed by atoms with E-state index in [-0.39, 0.29) is 0 Å². The summed E-state index contributed by atoms with van der Waals surface area (Å²) >= 11 is 3.17. The van der Waals surface area contributed by atoms with Gasteiger partial charge in [0.15, 0.2) is 0 Å². The van der Waals surface area contributed by atoms with Gasteiger partial charge in [0.05, 0.1) is 16.9 Å². The summed E-state index contributed by atoms with van der Waals surface area (Å²) in [4.78, 5) is 14.3. The Kier molecular flexibility index (Phi) is 4.53. The number of nitrogens with zero attached hydrogens (tertiary/aromatic N) is 2. The average Bonchev–Trinajstić information content (AvgIpc) is 3.42. The van der Waals surface area contributed by atoms with Crippen LogP contribution < -0.4 is 0 Å². The van der Waals surface area contributed by atoms with E-state index in [2.05, 4.69) is 11.4 Å². The lowest BCUT2D eigenvalue weighted by molar-refractivity contribution is 0.0694. The second kappa shape index (κ2) is 7.21. The second-order valence-electron chi connectivity index (χ2n) is 6.91. The van der Waals surface area contributed by atoms with Gasteiger partial charge < -0.3 is 5.11 Å². The molecule has 5 rings (SSSR count). The number of thiophene rings is 1. The maximum absolute atomic E-state index is 12.3. The van der Waals surface area contributed by atoms with Crippen LogP contribution in [-0.2, 0) is 12.8 Å². The van der Waals surface area contributed by atoms with Gasteiger partial charge in [0.1, 0.15) is 0 Å². The van der Waals surface area contributed by atoms with Crippen LogP contribution >= 0.6 is 23.1 Å². The number of thioether (sulfide) groups is 1. The Morgan fingerprint density at radius 3 is 2.66 bits per heavy atom. The highest BCUT2D eigenvalue weighted by molar-refractivity contribution is 7.98. The molecule has 0 saturated heterocycles. The number of hydrogen-bond acceptors (Lipinski definition) is 4. The van der Waals surface area contributed by atoms with Crippen molar-refractivity contribution in [3.05, 3.63) is 76.9 Å². The lowest BCUT2D eigenvalue weighted by Crippen LogP contribution is -2.12. The van der Waals surface area contributed by atoms with Gasteiger partial charge in [0, 0.05) is 27.1 Å². The van der Waals surface area contributed by atoms with Crippen LogP contribution in [0.3, 0.4) is 0 Å². The van der Waals surface area contributed by atoms with Crippen molar-refractivity contribution in [2.24, 2.45) is 0 Å². The van der Waals surface area contributed by atoms with E-state index in [1.165, 1.54) is 16.6 Å². The number of carbonyl (C=O) groups is 1. The summed E-state index contributed by atoms with van der Waals surface area (Å²) < 4.78 is 1.86. The number of benzene rings is 2. The third-order valence-corrected chi connectivity index (χ3v) is 6.98. The predicted octanol–water partition coefficient (Wildman–Crippen LogP) is 5.79. The molecule has 0 radical (unpaired) electrons. The SMILES string of the molecule is CSc1cc(-c2cccs2)c2c(c1C(=O)O)-c1cn(-c3ccccc3)nc1CC2. The van der Waals surface area contributed by atoms with Crippen molar-refractivity contribution in [1.29, 1.82) is 0 Å². The first-order valence-electron chi connectivity index (χ1n) is 9.32. The number of carboxylic acid groups (broad SMARTS) is 1. The molecule has 0 unspecified atom stereocenters. The van der Waals surface area contributed by atoms with Gasteiger partial charge in [0.2, 0.25) is 0 Å². The second-order valence-corrected chi connectivity index (χ2v) is 8.70. The smallest absolute Gasteiger partial charge is 0.337 e. The Labute approximate surface area is 176 Å². The van der Waals surface area contributed by atoms with Crippen LogP contribution in [0.4, 0.5) is 0 Å². The largest absolute Gasteiger partial charge is 0.478 e. The van der Waals surface area contributed by atoms with Gasteiger partial charge in [-0.3, -0.25) is 0 Å². The zero-order valence-electron chi connectivity index (χ0n) is 15.8. The predicted molar refractivity (Wildman–Crippen MR) is 118 cm³/mol. The Bertz CT molecular complexity index is 1210. The molecule has 1 aliphatic carbocycles. The van der Waals surface area contributed by atoms with Crippen LogP contribution in [0, 0.1) is 0 Å². The first kappa shape index (κ1) is 18.2.